The average Bonchev–Trinajstić information content (AvgIpc) is 2.65. The van der Waals surface area contributed by atoms with Crippen molar-refractivity contribution < 1.29 is 19.2 Å². The molecule has 0 unspecified atom stereocenters. The van der Waals surface area contributed by atoms with Crippen LogP contribution in [0.1, 0.15) is 69.1 Å². The van der Waals surface area contributed by atoms with Crippen LogP contribution in [-0.4, -0.2) is 35.6 Å². The van der Waals surface area contributed by atoms with E-state index < -0.39 is 23.6 Å². The van der Waals surface area contributed by atoms with Crippen molar-refractivity contribution >= 4 is 34.4 Å². The summed E-state index contributed by atoms with van der Waals surface area (Å²) >= 11 is 0. The van der Waals surface area contributed by atoms with Gasteiger partial charge < -0.3 is 0 Å². The number of nitrogens with one attached hydrogen (secondary N) is 1. The van der Waals surface area contributed by atoms with E-state index in [1.54, 1.807) is 0 Å². The molecule has 2 aromatic rings. The molecule has 0 saturated carbocycles. The summed E-state index contributed by atoms with van der Waals surface area (Å²) in [4.78, 5) is 49.3. The van der Waals surface area contributed by atoms with Gasteiger partial charge in [-0.1, -0.05) is 27.7 Å². The van der Waals surface area contributed by atoms with E-state index in [0.29, 0.717) is 33.0 Å². The monoisotopic (exact) mass is 340 g/mol. The Morgan fingerprint density at radius 2 is 0.960 bits per heavy atom. The fraction of sp³-hybridized carbons (Fsp3) is 0.263. The molecule has 2 heterocycles. The normalized spacial score (nSPS) is 14.4. The maximum Gasteiger partial charge on any atom is 0.261 e. The van der Waals surface area contributed by atoms with Crippen LogP contribution in [0.25, 0.3) is 10.8 Å². The number of carbonyl (C=O) groups excluding carboxylic acids is 4. The minimum absolute atomic E-state index is 0.301. The lowest BCUT2D eigenvalue weighted by molar-refractivity contribution is 0.0648. The van der Waals surface area contributed by atoms with Gasteiger partial charge in [0.2, 0.25) is 0 Å². The molecule has 130 valence electrons. The van der Waals surface area contributed by atoms with Crippen LogP contribution in [0.2, 0.25) is 0 Å². The molecule has 2 aromatic carbocycles. The Kier molecular flexibility index (Phi) is 5.02. The summed E-state index contributed by atoms with van der Waals surface area (Å²) < 4.78 is 0. The molecular formula is C19H20N2O4. The lowest BCUT2D eigenvalue weighted by Crippen LogP contribution is -2.39. The number of nitrogens with zero attached hydrogens (tertiary/aromatic N) is 1. The van der Waals surface area contributed by atoms with Crippen molar-refractivity contribution in [3.63, 3.8) is 0 Å². The Bertz CT molecular complexity index is 847. The molecule has 4 rings (SSSR count). The van der Waals surface area contributed by atoms with E-state index in [9.17, 15) is 19.2 Å². The predicted molar refractivity (Wildman–Crippen MR) is 94.9 cm³/mol. The molecule has 2 aliphatic heterocycles. The first-order chi connectivity index (χ1) is 12.0. The lowest BCUT2D eigenvalue weighted by Gasteiger charge is -2.26. The van der Waals surface area contributed by atoms with Gasteiger partial charge in [0, 0.05) is 40.1 Å². The Balaban J connectivity index is 0.000000528. The van der Waals surface area contributed by atoms with Crippen molar-refractivity contribution in [2.75, 3.05) is 7.05 Å². The number of benzene rings is 2. The third-order valence-corrected chi connectivity index (χ3v) is 3.95. The zero-order valence-corrected chi connectivity index (χ0v) is 14.9. The zero-order valence-electron chi connectivity index (χ0n) is 14.9. The van der Waals surface area contributed by atoms with Gasteiger partial charge >= 0.3 is 0 Å². The number of carbonyl (C=O) groups is 4. The van der Waals surface area contributed by atoms with Crippen molar-refractivity contribution in [1.82, 2.24) is 10.2 Å². The molecular weight excluding hydrogens is 320 g/mol. The Morgan fingerprint density at radius 3 is 1.36 bits per heavy atom. The van der Waals surface area contributed by atoms with Crippen molar-refractivity contribution in [1.29, 1.82) is 0 Å². The van der Waals surface area contributed by atoms with Crippen LogP contribution >= 0.6 is 0 Å². The molecule has 0 aromatic heterocycles. The van der Waals surface area contributed by atoms with Gasteiger partial charge in [0.25, 0.3) is 23.6 Å². The highest BCUT2D eigenvalue weighted by Crippen LogP contribution is 2.35. The molecule has 0 fully saturated rings. The third-order valence-electron chi connectivity index (χ3n) is 3.95. The zero-order chi connectivity index (χ0) is 18.9. The maximum atomic E-state index is 12.2. The van der Waals surface area contributed by atoms with Crippen molar-refractivity contribution in [2.45, 2.75) is 27.7 Å². The van der Waals surface area contributed by atoms with Crippen LogP contribution in [0.4, 0.5) is 0 Å². The van der Waals surface area contributed by atoms with Crippen LogP contribution in [0.3, 0.4) is 0 Å². The molecule has 6 heteroatoms. The van der Waals surface area contributed by atoms with Gasteiger partial charge in [0.15, 0.2) is 0 Å². The van der Waals surface area contributed by atoms with Gasteiger partial charge in [-0.05, 0) is 24.3 Å². The van der Waals surface area contributed by atoms with Crippen LogP contribution in [0.5, 0.6) is 0 Å². The second-order valence-corrected chi connectivity index (χ2v) is 5.02. The lowest BCUT2D eigenvalue weighted by atomic mass is 9.87. The molecule has 0 spiro atoms. The van der Waals surface area contributed by atoms with E-state index in [2.05, 4.69) is 5.32 Å². The SMILES string of the molecule is CC.CC.CN1C(=O)c2ccc3c4c(ccc(c24)C1=O)C(=O)NC3=O. The van der Waals surface area contributed by atoms with Gasteiger partial charge in [-0.3, -0.25) is 29.4 Å². The van der Waals surface area contributed by atoms with Crippen LogP contribution < -0.4 is 5.32 Å². The van der Waals surface area contributed by atoms with Gasteiger partial charge in [-0.2, -0.15) is 0 Å². The highest BCUT2D eigenvalue weighted by Gasteiger charge is 2.35. The van der Waals surface area contributed by atoms with Crippen LogP contribution in [0.15, 0.2) is 24.3 Å². The van der Waals surface area contributed by atoms with Gasteiger partial charge in [-0.25, -0.2) is 0 Å². The molecule has 0 radical (unpaired) electrons. The standard InChI is InChI=1S/C15H8N2O4.2C2H6/c1-17-14(20)8-4-2-6-10-7(13(19)16-12(6)18)3-5-9(11(8)10)15(17)21;2*1-2/h2-5H,1H3,(H,16,18,19);2*1-2H3. The quantitative estimate of drug-likeness (QED) is 0.747. The predicted octanol–water partition coefficient (Wildman–Crippen LogP) is 3.00. The van der Waals surface area contributed by atoms with Crippen LogP contribution in [0, 0.1) is 0 Å². The first-order valence-corrected chi connectivity index (χ1v) is 8.28. The maximum absolute atomic E-state index is 12.2. The first kappa shape index (κ1) is 18.3. The summed E-state index contributed by atoms with van der Waals surface area (Å²) in [6.45, 7) is 8.00. The van der Waals surface area contributed by atoms with E-state index >= 15 is 0 Å². The van der Waals surface area contributed by atoms with Crippen molar-refractivity contribution in [3.8, 4) is 0 Å². The smallest absolute Gasteiger partial charge is 0.261 e. The molecule has 2 aliphatic rings. The number of hydrogen-bond donors (Lipinski definition) is 1. The number of rotatable bonds is 0. The summed E-state index contributed by atoms with van der Waals surface area (Å²) in [5, 5.41) is 3.02. The number of hydrogen-bond acceptors (Lipinski definition) is 4. The van der Waals surface area contributed by atoms with Gasteiger partial charge in [0.1, 0.15) is 0 Å². The molecule has 6 nitrogen and oxygen atoms in total. The van der Waals surface area contributed by atoms with Gasteiger partial charge in [0.05, 0.1) is 0 Å². The Morgan fingerprint density at radius 1 is 0.640 bits per heavy atom. The van der Waals surface area contributed by atoms with Gasteiger partial charge in [-0.15, -0.1) is 0 Å². The second-order valence-electron chi connectivity index (χ2n) is 5.02. The molecule has 0 atom stereocenters. The molecule has 4 amide bonds. The fourth-order valence-corrected chi connectivity index (χ4v) is 2.92. The number of imide groups is 2. The average molecular weight is 340 g/mol. The molecule has 0 aliphatic carbocycles. The van der Waals surface area contributed by atoms with E-state index in [1.807, 2.05) is 27.7 Å². The number of amides is 4. The summed E-state index contributed by atoms with van der Waals surface area (Å²) in [5.74, 6) is -1.91. The molecule has 25 heavy (non-hydrogen) atoms. The summed E-state index contributed by atoms with van der Waals surface area (Å²) in [5.41, 5.74) is 1.26. The second kappa shape index (κ2) is 6.84. The Hall–Kier alpha value is -3.02. The van der Waals surface area contributed by atoms with Crippen molar-refractivity contribution in [3.05, 3.63) is 46.5 Å². The molecule has 1 N–H and O–H groups in total. The fourth-order valence-electron chi connectivity index (χ4n) is 2.92. The third kappa shape index (κ3) is 2.50. The summed E-state index contributed by atoms with van der Waals surface area (Å²) in [6.07, 6.45) is 0. The highest BCUT2D eigenvalue weighted by atomic mass is 16.2. The van der Waals surface area contributed by atoms with E-state index in [4.69, 9.17) is 0 Å². The minimum Gasteiger partial charge on any atom is -0.288 e. The van der Waals surface area contributed by atoms with E-state index in [0.717, 1.165) is 4.90 Å². The molecule has 0 bridgehead atoms. The highest BCUT2D eigenvalue weighted by molar-refractivity contribution is 6.33. The minimum atomic E-state index is -0.518. The molecule has 0 saturated heterocycles. The Labute approximate surface area is 145 Å². The summed E-state index contributed by atoms with van der Waals surface area (Å²) in [7, 11) is 1.41. The van der Waals surface area contributed by atoms with E-state index in [1.165, 1.54) is 31.3 Å². The van der Waals surface area contributed by atoms with Crippen LogP contribution in [-0.2, 0) is 0 Å². The first-order valence-electron chi connectivity index (χ1n) is 8.28. The summed E-state index contributed by atoms with van der Waals surface area (Å²) in [6, 6.07) is 6.06. The van der Waals surface area contributed by atoms with E-state index in [-0.39, 0.29) is 0 Å². The van der Waals surface area contributed by atoms with Crippen molar-refractivity contribution in [2.24, 2.45) is 0 Å². The topological polar surface area (TPSA) is 83.6 Å². The largest absolute Gasteiger partial charge is 0.288 e.